The summed E-state index contributed by atoms with van der Waals surface area (Å²) in [6.07, 6.45) is 12.0. The summed E-state index contributed by atoms with van der Waals surface area (Å²) in [5.74, 6) is 3.51. The SMILES string of the molecule is CCSCCC(C)Nc1nccn1C1CCCCC1. The largest absolute Gasteiger partial charge is 0.353 e. The maximum absolute atomic E-state index is 4.50. The highest BCUT2D eigenvalue weighted by molar-refractivity contribution is 7.99. The molecule has 1 saturated carbocycles. The fourth-order valence-electron chi connectivity index (χ4n) is 2.78. The summed E-state index contributed by atoms with van der Waals surface area (Å²) in [5.41, 5.74) is 0. The van der Waals surface area contributed by atoms with Gasteiger partial charge in [-0.05, 0) is 37.7 Å². The molecule has 4 heteroatoms. The molecule has 1 aromatic rings. The van der Waals surface area contributed by atoms with E-state index in [9.17, 15) is 0 Å². The Labute approximate surface area is 121 Å². The number of imidazole rings is 1. The third-order valence-corrected chi connectivity index (χ3v) is 4.84. The first-order valence-electron chi connectivity index (χ1n) is 7.68. The van der Waals surface area contributed by atoms with E-state index in [1.54, 1.807) is 0 Å². The molecule has 0 spiro atoms. The zero-order chi connectivity index (χ0) is 13.5. The molecule has 1 aliphatic rings. The van der Waals surface area contributed by atoms with Crippen molar-refractivity contribution in [1.82, 2.24) is 9.55 Å². The molecule has 3 nitrogen and oxygen atoms in total. The molecule has 19 heavy (non-hydrogen) atoms. The zero-order valence-electron chi connectivity index (χ0n) is 12.3. The minimum absolute atomic E-state index is 0.504. The van der Waals surface area contributed by atoms with Crippen LogP contribution in [0, 0.1) is 0 Å². The Bertz CT molecular complexity index is 358. The van der Waals surface area contributed by atoms with Gasteiger partial charge in [0.05, 0.1) is 0 Å². The van der Waals surface area contributed by atoms with Gasteiger partial charge in [-0.3, -0.25) is 0 Å². The van der Waals surface area contributed by atoms with Crippen LogP contribution in [0.25, 0.3) is 0 Å². The smallest absolute Gasteiger partial charge is 0.203 e. The monoisotopic (exact) mass is 281 g/mol. The first-order chi connectivity index (χ1) is 9.31. The number of hydrogen-bond acceptors (Lipinski definition) is 3. The molecule has 1 atom stereocenters. The minimum atomic E-state index is 0.504. The van der Waals surface area contributed by atoms with Crippen LogP contribution in [0.3, 0.4) is 0 Å². The lowest BCUT2D eigenvalue weighted by atomic mass is 9.95. The summed E-state index contributed by atoms with van der Waals surface area (Å²) in [7, 11) is 0. The quantitative estimate of drug-likeness (QED) is 0.754. The molecule has 1 aromatic heterocycles. The zero-order valence-corrected chi connectivity index (χ0v) is 13.1. The summed E-state index contributed by atoms with van der Waals surface area (Å²) in [4.78, 5) is 4.50. The molecule has 1 N–H and O–H groups in total. The molecule has 1 heterocycles. The van der Waals surface area contributed by atoms with Gasteiger partial charge in [0.2, 0.25) is 5.95 Å². The van der Waals surface area contributed by atoms with E-state index in [2.05, 4.69) is 34.9 Å². The van der Waals surface area contributed by atoms with Crippen LogP contribution in [0.5, 0.6) is 0 Å². The molecule has 0 radical (unpaired) electrons. The van der Waals surface area contributed by atoms with Crippen molar-refractivity contribution in [2.75, 3.05) is 16.8 Å². The third-order valence-electron chi connectivity index (χ3n) is 3.91. The topological polar surface area (TPSA) is 29.9 Å². The molecule has 108 valence electrons. The minimum Gasteiger partial charge on any atom is -0.353 e. The van der Waals surface area contributed by atoms with Gasteiger partial charge in [-0.1, -0.05) is 26.2 Å². The molecule has 0 aromatic carbocycles. The Morgan fingerprint density at radius 2 is 2.21 bits per heavy atom. The van der Waals surface area contributed by atoms with Gasteiger partial charge in [0.15, 0.2) is 0 Å². The van der Waals surface area contributed by atoms with Gasteiger partial charge in [0, 0.05) is 24.5 Å². The van der Waals surface area contributed by atoms with Gasteiger partial charge in [0.1, 0.15) is 0 Å². The van der Waals surface area contributed by atoms with Crippen LogP contribution >= 0.6 is 11.8 Å². The number of aromatic nitrogens is 2. The molecular formula is C15H27N3S. The molecule has 1 unspecified atom stereocenters. The van der Waals surface area contributed by atoms with E-state index >= 15 is 0 Å². The predicted molar refractivity (Wildman–Crippen MR) is 85.0 cm³/mol. The Kier molecular flexibility index (Phi) is 6.08. The lowest BCUT2D eigenvalue weighted by Crippen LogP contribution is -2.21. The molecule has 2 rings (SSSR count). The average molecular weight is 281 g/mol. The summed E-state index contributed by atoms with van der Waals surface area (Å²) in [6.45, 7) is 4.48. The number of nitrogens with zero attached hydrogens (tertiary/aromatic N) is 2. The van der Waals surface area contributed by atoms with Gasteiger partial charge in [-0.15, -0.1) is 0 Å². The Morgan fingerprint density at radius 1 is 1.42 bits per heavy atom. The van der Waals surface area contributed by atoms with Crippen LogP contribution in [0.15, 0.2) is 12.4 Å². The number of rotatable bonds is 7. The number of thioether (sulfide) groups is 1. The van der Waals surface area contributed by atoms with E-state index in [-0.39, 0.29) is 0 Å². The summed E-state index contributed by atoms with van der Waals surface area (Å²) < 4.78 is 2.36. The molecular weight excluding hydrogens is 254 g/mol. The van der Waals surface area contributed by atoms with Gasteiger partial charge < -0.3 is 9.88 Å². The Morgan fingerprint density at radius 3 is 2.95 bits per heavy atom. The highest BCUT2D eigenvalue weighted by Gasteiger charge is 2.18. The van der Waals surface area contributed by atoms with Gasteiger partial charge in [-0.2, -0.15) is 11.8 Å². The second-order valence-corrected chi connectivity index (χ2v) is 6.87. The van der Waals surface area contributed by atoms with E-state index in [1.165, 1.54) is 50.0 Å². The van der Waals surface area contributed by atoms with Crippen LogP contribution < -0.4 is 5.32 Å². The van der Waals surface area contributed by atoms with E-state index in [0.29, 0.717) is 12.1 Å². The van der Waals surface area contributed by atoms with Crippen LogP contribution in [-0.2, 0) is 0 Å². The maximum Gasteiger partial charge on any atom is 0.203 e. The van der Waals surface area contributed by atoms with Gasteiger partial charge in [0.25, 0.3) is 0 Å². The van der Waals surface area contributed by atoms with Crippen LogP contribution in [0.1, 0.15) is 58.4 Å². The Hall–Kier alpha value is -0.640. The Balaban J connectivity index is 1.87. The highest BCUT2D eigenvalue weighted by Crippen LogP contribution is 2.30. The predicted octanol–water partition coefficient (Wildman–Crippen LogP) is 4.33. The third kappa shape index (κ3) is 4.44. The average Bonchev–Trinajstić information content (AvgIpc) is 2.88. The van der Waals surface area contributed by atoms with Crippen molar-refractivity contribution in [3.63, 3.8) is 0 Å². The van der Waals surface area contributed by atoms with Crippen molar-refractivity contribution in [1.29, 1.82) is 0 Å². The van der Waals surface area contributed by atoms with Crippen LogP contribution in [0.4, 0.5) is 5.95 Å². The van der Waals surface area contributed by atoms with Crippen molar-refractivity contribution in [3.8, 4) is 0 Å². The summed E-state index contributed by atoms with van der Waals surface area (Å²) >= 11 is 2.01. The molecule has 1 fully saturated rings. The number of nitrogens with one attached hydrogen (secondary N) is 1. The normalized spacial score (nSPS) is 18.4. The maximum atomic E-state index is 4.50. The molecule has 0 aliphatic heterocycles. The number of anilines is 1. The molecule has 0 saturated heterocycles. The van der Waals surface area contributed by atoms with Crippen molar-refractivity contribution < 1.29 is 0 Å². The van der Waals surface area contributed by atoms with Crippen molar-refractivity contribution in [2.24, 2.45) is 0 Å². The standard InChI is InChI=1S/C15H27N3S/c1-3-19-12-9-13(2)17-15-16-10-11-18(15)14-7-5-4-6-8-14/h10-11,13-14H,3-9,12H2,1-2H3,(H,16,17). The first kappa shape index (κ1) is 14.8. The fourth-order valence-corrected chi connectivity index (χ4v) is 3.58. The fraction of sp³-hybridized carbons (Fsp3) is 0.800. The summed E-state index contributed by atoms with van der Waals surface area (Å²) in [5, 5.41) is 3.59. The first-order valence-corrected chi connectivity index (χ1v) is 8.84. The van der Waals surface area contributed by atoms with Crippen LogP contribution in [-0.4, -0.2) is 27.1 Å². The van der Waals surface area contributed by atoms with Crippen molar-refractivity contribution >= 4 is 17.7 Å². The number of hydrogen-bond donors (Lipinski definition) is 1. The van der Waals surface area contributed by atoms with E-state index < -0.39 is 0 Å². The van der Waals surface area contributed by atoms with Gasteiger partial charge in [-0.25, -0.2) is 4.98 Å². The molecule has 1 aliphatic carbocycles. The highest BCUT2D eigenvalue weighted by atomic mass is 32.2. The van der Waals surface area contributed by atoms with E-state index in [0.717, 1.165) is 5.95 Å². The lowest BCUT2D eigenvalue weighted by molar-refractivity contribution is 0.355. The van der Waals surface area contributed by atoms with Crippen molar-refractivity contribution in [2.45, 2.75) is 64.5 Å². The van der Waals surface area contributed by atoms with Crippen molar-refractivity contribution in [3.05, 3.63) is 12.4 Å². The van der Waals surface area contributed by atoms with Gasteiger partial charge >= 0.3 is 0 Å². The van der Waals surface area contributed by atoms with E-state index in [1.807, 2.05) is 18.0 Å². The molecule has 0 amide bonds. The van der Waals surface area contributed by atoms with Crippen LogP contribution in [0.2, 0.25) is 0 Å². The second kappa shape index (κ2) is 7.83. The lowest BCUT2D eigenvalue weighted by Gasteiger charge is -2.25. The summed E-state index contributed by atoms with van der Waals surface area (Å²) in [6, 6.07) is 1.17. The van der Waals surface area contributed by atoms with E-state index in [4.69, 9.17) is 0 Å². The second-order valence-electron chi connectivity index (χ2n) is 5.48. The molecule has 0 bridgehead atoms.